The van der Waals surface area contributed by atoms with Crippen LogP contribution in [0, 0.1) is 0 Å². The van der Waals surface area contributed by atoms with Gasteiger partial charge < -0.3 is 4.74 Å². The van der Waals surface area contributed by atoms with E-state index in [1.165, 1.54) is 7.11 Å². The average Bonchev–Trinajstić information content (AvgIpc) is 2.94. The number of methoxy groups -OCH3 is 1. The van der Waals surface area contributed by atoms with Crippen molar-refractivity contribution in [1.82, 2.24) is 9.55 Å². The van der Waals surface area contributed by atoms with E-state index in [0.29, 0.717) is 12.4 Å². The van der Waals surface area contributed by atoms with Crippen molar-refractivity contribution in [3.8, 4) is 5.69 Å². The van der Waals surface area contributed by atoms with Gasteiger partial charge in [0.05, 0.1) is 11.0 Å². The lowest BCUT2D eigenvalue weighted by Gasteiger charge is -2.14. The van der Waals surface area contributed by atoms with Gasteiger partial charge in [-0.3, -0.25) is 14.7 Å². The number of para-hydroxylation sites is 3. The molecular weight excluding hydrogens is 290 g/mol. The van der Waals surface area contributed by atoms with Crippen LogP contribution >= 0.6 is 0 Å². The molecule has 0 bridgehead atoms. The third-order valence-corrected chi connectivity index (χ3v) is 3.76. The number of carbonyl (C=O) groups excluding carboxylic acids is 1. The molecule has 1 amide bonds. The highest BCUT2D eigenvalue weighted by atomic mass is 16.5. The number of nitrogens with zero attached hydrogens (tertiary/aromatic N) is 2. The van der Waals surface area contributed by atoms with Crippen molar-refractivity contribution in [2.24, 2.45) is 0 Å². The van der Waals surface area contributed by atoms with Crippen LogP contribution in [0.3, 0.4) is 0 Å². The topological polar surface area (TPSA) is 56.1 Å². The van der Waals surface area contributed by atoms with Crippen LogP contribution in [-0.4, -0.2) is 28.7 Å². The molecule has 0 fully saturated rings. The number of ether oxygens (including phenoxy) is 1. The second-order valence-electron chi connectivity index (χ2n) is 5.22. The molecule has 3 rings (SSSR count). The molecule has 0 saturated heterocycles. The molecule has 23 heavy (non-hydrogen) atoms. The Kier molecular flexibility index (Phi) is 4.39. The molecule has 5 nitrogen and oxygen atoms in total. The van der Waals surface area contributed by atoms with E-state index in [1.54, 1.807) is 0 Å². The third-order valence-electron chi connectivity index (χ3n) is 3.76. The lowest BCUT2D eigenvalue weighted by Crippen LogP contribution is -2.29. The molecule has 1 atom stereocenters. The molecule has 1 N–H and O–H groups in total. The largest absolute Gasteiger partial charge is 0.372 e. The van der Waals surface area contributed by atoms with E-state index in [0.717, 1.165) is 16.7 Å². The zero-order valence-electron chi connectivity index (χ0n) is 13.2. The van der Waals surface area contributed by atoms with Crippen molar-refractivity contribution < 1.29 is 9.53 Å². The summed E-state index contributed by atoms with van der Waals surface area (Å²) in [5.74, 6) is 0.306. The molecule has 0 unspecified atom stereocenters. The van der Waals surface area contributed by atoms with Gasteiger partial charge in [0.25, 0.3) is 5.91 Å². The highest BCUT2D eigenvalue weighted by Crippen LogP contribution is 2.24. The third kappa shape index (κ3) is 2.96. The van der Waals surface area contributed by atoms with Crippen molar-refractivity contribution in [3.63, 3.8) is 0 Å². The van der Waals surface area contributed by atoms with Crippen LogP contribution < -0.4 is 5.32 Å². The standard InChI is InChI=1S/C18H19N3O2/c1-3-16(23-2)17(22)20-18-19-14-11-7-8-12-15(14)21(18)13-9-5-4-6-10-13/h4-12,16H,3H2,1-2H3,(H,19,20,22)/t16-/m0/s1. The Morgan fingerprint density at radius 3 is 2.57 bits per heavy atom. The molecular formula is C18H19N3O2. The van der Waals surface area contributed by atoms with Crippen molar-refractivity contribution in [2.45, 2.75) is 19.4 Å². The first-order chi connectivity index (χ1) is 11.2. The minimum Gasteiger partial charge on any atom is -0.372 e. The quantitative estimate of drug-likeness (QED) is 0.786. The molecule has 1 heterocycles. The molecule has 0 aliphatic heterocycles. The van der Waals surface area contributed by atoms with E-state index in [-0.39, 0.29) is 5.91 Å². The highest BCUT2D eigenvalue weighted by Gasteiger charge is 2.19. The van der Waals surface area contributed by atoms with Crippen LogP contribution in [0.4, 0.5) is 5.95 Å². The number of carbonyl (C=O) groups is 1. The summed E-state index contributed by atoms with van der Waals surface area (Å²) in [6.45, 7) is 1.91. The molecule has 0 aliphatic carbocycles. The SMILES string of the molecule is CC[C@H](OC)C(=O)Nc1nc2ccccc2n1-c1ccccc1. The molecule has 3 aromatic rings. The molecule has 118 valence electrons. The number of nitrogens with one attached hydrogen (secondary N) is 1. The fourth-order valence-electron chi connectivity index (χ4n) is 2.60. The molecule has 0 saturated carbocycles. The van der Waals surface area contributed by atoms with E-state index in [9.17, 15) is 4.79 Å². The van der Waals surface area contributed by atoms with Crippen molar-refractivity contribution in [3.05, 3.63) is 54.6 Å². The van der Waals surface area contributed by atoms with E-state index in [4.69, 9.17) is 4.74 Å². The lowest BCUT2D eigenvalue weighted by molar-refractivity contribution is -0.125. The Bertz CT molecular complexity index is 808. The second kappa shape index (κ2) is 6.62. The first-order valence-corrected chi connectivity index (χ1v) is 7.61. The number of rotatable bonds is 5. The predicted molar refractivity (Wildman–Crippen MR) is 90.8 cm³/mol. The molecule has 5 heteroatoms. The van der Waals surface area contributed by atoms with Gasteiger partial charge in [-0.1, -0.05) is 37.3 Å². The summed E-state index contributed by atoms with van der Waals surface area (Å²) in [6, 6.07) is 17.6. The minimum absolute atomic E-state index is 0.192. The second-order valence-corrected chi connectivity index (χ2v) is 5.22. The number of imidazole rings is 1. The van der Waals surface area contributed by atoms with E-state index in [2.05, 4.69) is 10.3 Å². The van der Waals surface area contributed by atoms with Crippen molar-refractivity contribution in [1.29, 1.82) is 0 Å². The Balaban J connectivity index is 2.08. The van der Waals surface area contributed by atoms with Crippen LogP contribution in [0.1, 0.15) is 13.3 Å². The first kappa shape index (κ1) is 15.2. The predicted octanol–water partition coefficient (Wildman–Crippen LogP) is 3.39. The van der Waals surface area contributed by atoms with Gasteiger partial charge in [0.15, 0.2) is 0 Å². The van der Waals surface area contributed by atoms with E-state index < -0.39 is 6.10 Å². The maximum absolute atomic E-state index is 12.3. The average molecular weight is 309 g/mol. The summed E-state index contributed by atoms with van der Waals surface area (Å²) in [5.41, 5.74) is 2.72. The number of hydrogen-bond donors (Lipinski definition) is 1. The van der Waals surface area contributed by atoms with Gasteiger partial charge >= 0.3 is 0 Å². The minimum atomic E-state index is -0.487. The fourth-order valence-corrected chi connectivity index (χ4v) is 2.60. The Hall–Kier alpha value is -2.66. The summed E-state index contributed by atoms with van der Waals surface area (Å²) in [4.78, 5) is 16.9. The maximum atomic E-state index is 12.3. The van der Waals surface area contributed by atoms with Gasteiger partial charge in [-0.2, -0.15) is 0 Å². The number of amides is 1. The van der Waals surface area contributed by atoms with Gasteiger partial charge in [0.1, 0.15) is 6.10 Å². The highest BCUT2D eigenvalue weighted by molar-refractivity contribution is 5.95. The Morgan fingerprint density at radius 1 is 1.17 bits per heavy atom. The van der Waals surface area contributed by atoms with Gasteiger partial charge in [0, 0.05) is 12.8 Å². The summed E-state index contributed by atoms with van der Waals surface area (Å²) in [5, 5.41) is 2.89. The van der Waals surface area contributed by atoms with E-state index >= 15 is 0 Å². The maximum Gasteiger partial charge on any atom is 0.255 e. The van der Waals surface area contributed by atoms with Crippen LogP contribution in [0.25, 0.3) is 16.7 Å². The molecule has 0 aliphatic rings. The molecule has 0 radical (unpaired) electrons. The summed E-state index contributed by atoms with van der Waals surface area (Å²) in [6.07, 6.45) is 0.118. The normalized spacial score (nSPS) is 12.3. The zero-order valence-corrected chi connectivity index (χ0v) is 13.2. The first-order valence-electron chi connectivity index (χ1n) is 7.61. The van der Waals surface area contributed by atoms with Crippen molar-refractivity contribution >= 4 is 22.9 Å². The smallest absolute Gasteiger partial charge is 0.255 e. The van der Waals surface area contributed by atoms with Gasteiger partial charge in [-0.05, 0) is 30.7 Å². The molecule has 1 aromatic heterocycles. The Morgan fingerprint density at radius 2 is 1.87 bits per heavy atom. The Labute approximate surface area is 134 Å². The summed E-state index contributed by atoms with van der Waals surface area (Å²) < 4.78 is 7.14. The molecule has 2 aromatic carbocycles. The van der Waals surface area contributed by atoms with Crippen LogP contribution in [0.15, 0.2) is 54.6 Å². The lowest BCUT2D eigenvalue weighted by atomic mass is 10.2. The number of hydrogen-bond acceptors (Lipinski definition) is 3. The van der Waals surface area contributed by atoms with E-state index in [1.807, 2.05) is 66.1 Å². The van der Waals surface area contributed by atoms with Crippen LogP contribution in [0.2, 0.25) is 0 Å². The van der Waals surface area contributed by atoms with Crippen LogP contribution in [-0.2, 0) is 9.53 Å². The number of fused-ring (bicyclic) bond motifs is 1. The molecule has 0 spiro atoms. The summed E-state index contributed by atoms with van der Waals surface area (Å²) >= 11 is 0. The summed E-state index contributed by atoms with van der Waals surface area (Å²) in [7, 11) is 1.54. The van der Waals surface area contributed by atoms with Gasteiger partial charge in [-0.15, -0.1) is 0 Å². The zero-order chi connectivity index (χ0) is 16.2. The number of anilines is 1. The van der Waals surface area contributed by atoms with Crippen LogP contribution in [0.5, 0.6) is 0 Å². The monoisotopic (exact) mass is 309 g/mol. The number of aromatic nitrogens is 2. The van der Waals surface area contributed by atoms with Gasteiger partial charge in [-0.25, -0.2) is 4.98 Å². The van der Waals surface area contributed by atoms with Gasteiger partial charge in [0.2, 0.25) is 5.95 Å². The van der Waals surface area contributed by atoms with Crippen molar-refractivity contribution in [2.75, 3.05) is 12.4 Å². The fraction of sp³-hybridized carbons (Fsp3) is 0.222. The number of benzene rings is 2.